The average molecular weight is 287 g/mol. The van der Waals surface area contributed by atoms with Crippen molar-refractivity contribution in [2.45, 2.75) is 27.2 Å². The van der Waals surface area contributed by atoms with E-state index in [2.05, 4.69) is 34.6 Å². The fraction of sp³-hybridized carbons (Fsp3) is 0.267. The Morgan fingerprint density at radius 3 is 2.65 bits per heavy atom. The molecular formula is C15H17N3OS. The molecule has 0 fully saturated rings. The molecule has 0 bridgehead atoms. The maximum absolute atomic E-state index is 11.3. The predicted molar refractivity (Wildman–Crippen MR) is 83.9 cm³/mol. The van der Waals surface area contributed by atoms with Crippen molar-refractivity contribution >= 4 is 28.5 Å². The van der Waals surface area contributed by atoms with E-state index in [0.29, 0.717) is 10.0 Å². The van der Waals surface area contributed by atoms with Crippen molar-refractivity contribution in [1.29, 1.82) is 0 Å². The molecule has 104 valence electrons. The molecule has 0 aliphatic carbocycles. The van der Waals surface area contributed by atoms with Gasteiger partial charge in [-0.2, -0.15) is 5.10 Å². The lowest BCUT2D eigenvalue weighted by Gasteiger charge is -1.97. The Labute approximate surface area is 122 Å². The molecule has 1 aromatic heterocycles. The Balaban J connectivity index is 2.02. The second-order valence-electron chi connectivity index (χ2n) is 4.45. The van der Waals surface area contributed by atoms with E-state index in [4.69, 9.17) is 0 Å². The van der Waals surface area contributed by atoms with Crippen LogP contribution < -0.4 is 5.43 Å². The normalized spacial score (nSPS) is 10.9. The minimum atomic E-state index is 0.0344. The summed E-state index contributed by atoms with van der Waals surface area (Å²) in [6.07, 6.45) is 2.77. The van der Waals surface area contributed by atoms with Gasteiger partial charge in [-0.25, -0.2) is 4.98 Å². The highest BCUT2D eigenvalue weighted by molar-refractivity contribution is 7.17. The SMILES string of the molecule is CCc1ccc(/C=N\Nc2nc(C)c(C(C)=O)s2)cc1. The molecule has 2 aromatic rings. The van der Waals surface area contributed by atoms with E-state index in [-0.39, 0.29) is 5.78 Å². The molecule has 1 heterocycles. The molecule has 1 N–H and O–H groups in total. The third-order valence-electron chi connectivity index (χ3n) is 2.88. The van der Waals surface area contributed by atoms with Gasteiger partial charge in [-0.05, 0) is 24.5 Å². The van der Waals surface area contributed by atoms with Gasteiger partial charge in [0.05, 0.1) is 16.8 Å². The summed E-state index contributed by atoms with van der Waals surface area (Å²) in [5.74, 6) is 0.0344. The van der Waals surface area contributed by atoms with E-state index in [0.717, 1.165) is 17.7 Å². The third kappa shape index (κ3) is 3.51. The Kier molecular flexibility index (Phi) is 4.63. The Morgan fingerprint density at radius 1 is 1.40 bits per heavy atom. The number of Topliss-reactive ketones (excluding diaryl/α,β-unsaturated/α-hetero) is 1. The Bertz CT molecular complexity index is 629. The molecule has 0 saturated carbocycles. The molecule has 0 unspecified atom stereocenters. The van der Waals surface area contributed by atoms with Gasteiger partial charge in [-0.15, -0.1) is 0 Å². The number of carbonyl (C=O) groups is 1. The van der Waals surface area contributed by atoms with Gasteiger partial charge in [-0.3, -0.25) is 10.2 Å². The number of hydrogen-bond donors (Lipinski definition) is 1. The van der Waals surface area contributed by atoms with Crippen LogP contribution >= 0.6 is 11.3 Å². The monoisotopic (exact) mass is 287 g/mol. The van der Waals surface area contributed by atoms with Crippen LogP contribution in [0.5, 0.6) is 0 Å². The molecule has 4 nitrogen and oxygen atoms in total. The number of ketones is 1. The number of aromatic nitrogens is 1. The molecule has 20 heavy (non-hydrogen) atoms. The molecule has 0 spiro atoms. The van der Waals surface area contributed by atoms with Gasteiger partial charge in [0.15, 0.2) is 5.78 Å². The number of thiazole rings is 1. The van der Waals surface area contributed by atoms with E-state index in [1.807, 2.05) is 19.1 Å². The number of nitrogens with zero attached hydrogens (tertiary/aromatic N) is 2. The zero-order chi connectivity index (χ0) is 14.5. The van der Waals surface area contributed by atoms with E-state index in [1.54, 1.807) is 13.1 Å². The maximum atomic E-state index is 11.3. The van der Waals surface area contributed by atoms with Crippen molar-refractivity contribution in [1.82, 2.24) is 4.98 Å². The van der Waals surface area contributed by atoms with Gasteiger partial charge in [-0.1, -0.05) is 42.5 Å². The zero-order valence-corrected chi connectivity index (χ0v) is 12.6. The maximum Gasteiger partial charge on any atom is 0.204 e. The van der Waals surface area contributed by atoms with Crippen LogP contribution in [-0.4, -0.2) is 17.0 Å². The predicted octanol–water partition coefficient (Wildman–Crippen LogP) is 3.66. The van der Waals surface area contributed by atoms with Gasteiger partial charge in [0.1, 0.15) is 0 Å². The van der Waals surface area contributed by atoms with Crippen molar-refractivity contribution in [3.05, 3.63) is 46.0 Å². The summed E-state index contributed by atoms with van der Waals surface area (Å²) in [4.78, 5) is 16.3. The van der Waals surface area contributed by atoms with E-state index in [9.17, 15) is 4.79 Å². The van der Waals surface area contributed by atoms with Crippen LogP contribution in [0.25, 0.3) is 0 Å². The molecular weight excluding hydrogens is 270 g/mol. The topological polar surface area (TPSA) is 54.4 Å². The van der Waals surface area contributed by atoms with Crippen LogP contribution in [0.2, 0.25) is 0 Å². The summed E-state index contributed by atoms with van der Waals surface area (Å²) in [7, 11) is 0. The second-order valence-corrected chi connectivity index (χ2v) is 5.45. The smallest absolute Gasteiger partial charge is 0.204 e. The molecule has 5 heteroatoms. The number of carbonyl (C=O) groups excluding carboxylic acids is 1. The van der Waals surface area contributed by atoms with Gasteiger partial charge < -0.3 is 0 Å². The molecule has 1 aromatic carbocycles. The molecule has 0 saturated heterocycles. The number of nitrogens with one attached hydrogen (secondary N) is 1. The van der Waals surface area contributed by atoms with Crippen molar-refractivity contribution in [2.75, 3.05) is 5.43 Å². The highest BCUT2D eigenvalue weighted by atomic mass is 32.1. The minimum absolute atomic E-state index is 0.0344. The Morgan fingerprint density at radius 2 is 2.10 bits per heavy atom. The number of aryl methyl sites for hydroxylation is 2. The summed E-state index contributed by atoms with van der Waals surface area (Å²) in [5.41, 5.74) is 5.93. The first-order valence-corrected chi connectivity index (χ1v) is 7.28. The number of anilines is 1. The quantitative estimate of drug-likeness (QED) is 0.518. The molecule has 0 atom stereocenters. The summed E-state index contributed by atoms with van der Waals surface area (Å²) in [6, 6.07) is 8.22. The fourth-order valence-electron chi connectivity index (χ4n) is 1.77. The molecule has 0 radical (unpaired) electrons. The van der Waals surface area contributed by atoms with Crippen LogP contribution in [0.4, 0.5) is 5.13 Å². The summed E-state index contributed by atoms with van der Waals surface area (Å²) >= 11 is 1.32. The Hall–Kier alpha value is -2.01. The van der Waals surface area contributed by atoms with Crippen LogP contribution in [0.3, 0.4) is 0 Å². The van der Waals surface area contributed by atoms with Crippen LogP contribution in [-0.2, 0) is 6.42 Å². The number of rotatable bonds is 5. The summed E-state index contributed by atoms with van der Waals surface area (Å²) < 4.78 is 0. The highest BCUT2D eigenvalue weighted by Crippen LogP contribution is 2.22. The minimum Gasteiger partial charge on any atom is -0.294 e. The molecule has 0 aliphatic rings. The highest BCUT2D eigenvalue weighted by Gasteiger charge is 2.10. The molecule has 2 rings (SSSR count). The lowest BCUT2D eigenvalue weighted by molar-refractivity contribution is 0.102. The first kappa shape index (κ1) is 14.4. The number of hydrogen-bond acceptors (Lipinski definition) is 5. The fourth-order valence-corrected chi connectivity index (χ4v) is 2.58. The van der Waals surface area contributed by atoms with Gasteiger partial charge in [0.2, 0.25) is 5.13 Å². The summed E-state index contributed by atoms with van der Waals surface area (Å²) in [6.45, 7) is 5.50. The van der Waals surface area contributed by atoms with Gasteiger partial charge >= 0.3 is 0 Å². The van der Waals surface area contributed by atoms with Crippen LogP contribution in [0, 0.1) is 6.92 Å². The largest absolute Gasteiger partial charge is 0.294 e. The van der Waals surface area contributed by atoms with E-state index >= 15 is 0 Å². The molecule has 0 aliphatic heterocycles. The van der Waals surface area contributed by atoms with Crippen LogP contribution in [0.1, 0.15) is 40.3 Å². The van der Waals surface area contributed by atoms with E-state index in [1.165, 1.54) is 16.9 Å². The number of hydrazone groups is 1. The lowest BCUT2D eigenvalue weighted by Crippen LogP contribution is -1.90. The van der Waals surface area contributed by atoms with Crippen molar-refractivity contribution in [2.24, 2.45) is 5.10 Å². The third-order valence-corrected chi connectivity index (χ3v) is 4.04. The average Bonchev–Trinajstić information content (AvgIpc) is 2.81. The van der Waals surface area contributed by atoms with Crippen molar-refractivity contribution < 1.29 is 4.79 Å². The van der Waals surface area contributed by atoms with Gasteiger partial charge in [0, 0.05) is 6.92 Å². The van der Waals surface area contributed by atoms with Crippen molar-refractivity contribution in [3.63, 3.8) is 0 Å². The van der Waals surface area contributed by atoms with Gasteiger partial charge in [0.25, 0.3) is 0 Å². The zero-order valence-electron chi connectivity index (χ0n) is 11.8. The lowest BCUT2D eigenvalue weighted by atomic mass is 10.1. The standard InChI is InChI=1S/C15H17N3OS/c1-4-12-5-7-13(8-6-12)9-16-18-15-17-10(2)14(20-15)11(3)19/h5-9H,4H2,1-3H3,(H,17,18)/b16-9-. The first-order chi connectivity index (χ1) is 9.60. The van der Waals surface area contributed by atoms with Crippen molar-refractivity contribution in [3.8, 4) is 0 Å². The first-order valence-electron chi connectivity index (χ1n) is 6.46. The number of benzene rings is 1. The molecule has 0 amide bonds. The summed E-state index contributed by atoms with van der Waals surface area (Å²) in [5, 5.41) is 4.78. The van der Waals surface area contributed by atoms with Crippen LogP contribution in [0.15, 0.2) is 29.4 Å². The second kappa shape index (κ2) is 6.43. The van der Waals surface area contributed by atoms with E-state index < -0.39 is 0 Å².